The number of anilines is 1. The number of benzene rings is 3. The van der Waals surface area contributed by atoms with Crippen LogP contribution in [0.3, 0.4) is 0 Å². The van der Waals surface area contributed by atoms with Crippen LogP contribution >= 0.6 is 23.2 Å². The first-order chi connectivity index (χ1) is 19.0. The van der Waals surface area contributed by atoms with Crippen molar-refractivity contribution in [3.05, 3.63) is 94.0 Å². The Morgan fingerprint density at radius 1 is 0.875 bits per heavy atom. The fourth-order valence-corrected chi connectivity index (χ4v) is 6.04. The molecular weight excluding hydrogens is 569 g/mol. The van der Waals surface area contributed by atoms with E-state index in [0.717, 1.165) is 16.3 Å². The van der Waals surface area contributed by atoms with Crippen LogP contribution in [0.5, 0.6) is 0 Å². The Kier molecular flexibility index (Phi) is 11.0. The molecule has 0 bridgehead atoms. The molecule has 0 radical (unpaired) electrons. The summed E-state index contributed by atoms with van der Waals surface area (Å²) in [6, 6.07) is 19.0. The zero-order valence-electron chi connectivity index (χ0n) is 23.1. The number of sulfonamides is 1. The Hall–Kier alpha value is -3.07. The van der Waals surface area contributed by atoms with E-state index in [2.05, 4.69) is 5.32 Å². The number of halogens is 2. The maximum atomic E-state index is 14.1. The summed E-state index contributed by atoms with van der Waals surface area (Å²) >= 11 is 12.3. The highest BCUT2D eigenvalue weighted by Gasteiger charge is 2.33. The number of rotatable bonds is 12. The van der Waals surface area contributed by atoms with Gasteiger partial charge in [0.05, 0.1) is 20.6 Å². The van der Waals surface area contributed by atoms with Crippen molar-refractivity contribution >= 4 is 50.7 Å². The first-order valence-corrected chi connectivity index (χ1v) is 15.4. The average Bonchev–Trinajstić information content (AvgIpc) is 2.93. The molecule has 0 saturated carbocycles. The molecule has 3 rings (SSSR count). The van der Waals surface area contributed by atoms with Crippen molar-refractivity contribution in [1.29, 1.82) is 0 Å². The van der Waals surface area contributed by atoms with Crippen molar-refractivity contribution in [1.82, 2.24) is 10.2 Å². The summed E-state index contributed by atoms with van der Waals surface area (Å²) < 4.78 is 28.8. The van der Waals surface area contributed by atoms with E-state index in [9.17, 15) is 18.0 Å². The highest BCUT2D eigenvalue weighted by molar-refractivity contribution is 7.92. The lowest BCUT2D eigenvalue weighted by Gasteiger charge is -2.33. The second kappa shape index (κ2) is 14.0. The minimum Gasteiger partial charge on any atom is -0.352 e. The average molecular weight is 605 g/mol. The normalized spacial score (nSPS) is 12.2. The Morgan fingerprint density at radius 3 is 2.05 bits per heavy atom. The molecule has 40 heavy (non-hydrogen) atoms. The topological polar surface area (TPSA) is 86.8 Å². The molecule has 0 heterocycles. The first-order valence-electron chi connectivity index (χ1n) is 13.2. The molecule has 1 N–H and O–H groups in total. The molecule has 0 fully saturated rings. The molecule has 7 nitrogen and oxygen atoms in total. The number of carbonyl (C=O) groups is 2. The third kappa shape index (κ3) is 7.77. The van der Waals surface area contributed by atoms with E-state index in [-0.39, 0.29) is 23.4 Å². The highest BCUT2D eigenvalue weighted by atomic mass is 35.5. The van der Waals surface area contributed by atoms with Gasteiger partial charge in [0.2, 0.25) is 11.8 Å². The minimum absolute atomic E-state index is 0.0355. The molecule has 0 unspecified atom stereocenters. The standard InChI is InChI=1S/C30H35Cl2N3O4S/c1-5-22-12-15-24(16-13-22)35(40(38,39)25-10-8-7-9-11-25)20-29(36)34(28(6-2)30(37)33-21(3)4)19-23-14-17-26(31)27(32)18-23/h7-18,21,28H,5-6,19-20H2,1-4H3,(H,33,37)/t28-/m1/s1. The van der Waals surface area contributed by atoms with Crippen LogP contribution in [0.1, 0.15) is 45.2 Å². The predicted octanol–water partition coefficient (Wildman–Crippen LogP) is 6.08. The minimum atomic E-state index is -4.11. The predicted molar refractivity (Wildman–Crippen MR) is 161 cm³/mol. The Morgan fingerprint density at radius 2 is 1.50 bits per heavy atom. The van der Waals surface area contributed by atoms with E-state index >= 15 is 0 Å². The van der Waals surface area contributed by atoms with Crippen LogP contribution in [0.15, 0.2) is 77.7 Å². The lowest BCUT2D eigenvalue weighted by Crippen LogP contribution is -2.53. The van der Waals surface area contributed by atoms with Crippen LogP contribution in [0.2, 0.25) is 10.0 Å². The molecule has 0 aliphatic carbocycles. The lowest BCUT2D eigenvalue weighted by atomic mass is 10.1. The second-order valence-electron chi connectivity index (χ2n) is 9.70. The Labute approximate surface area is 247 Å². The summed E-state index contributed by atoms with van der Waals surface area (Å²) in [5.74, 6) is -0.855. The van der Waals surface area contributed by atoms with Gasteiger partial charge in [-0.2, -0.15) is 0 Å². The molecule has 0 aromatic heterocycles. The number of nitrogens with zero attached hydrogens (tertiary/aromatic N) is 2. The summed E-state index contributed by atoms with van der Waals surface area (Å²) in [5.41, 5.74) is 2.04. The van der Waals surface area contributed by atoms with Gasteiger partial charge in [-0.25, -0.2) is 8.42 Å². The third-order valence-corrected chi connectivity index (χ3v) is 8.92. The van der Waals surface area contributed by atoms with Gasteiger partial charge in [-0.3, -0.25) is 13.9 Å². The van der Waals surface area contributed by atoms with Gasteiger partial charge in [0.25, 0.3) is 10.0 Å². The second-order valence-corrected chi connectivity index (χ2v) is 12.4. The summed E-state index contributed by atoms with van der Waals surface area (Å²) in [6.07, 6.45) is 1.10. The fraction of sp³-hybridized carbons (Fsp3) is 0.333. The molecule has 1 atom stereocenters. The number of nitrogens with one attached hydrogen (secondary N) is 1. The summed E-state index contributed by atoms with van der Waals surface area (Å²) in [5, 5.41) is 3.56. The van der Waals surface area contributed by atoms with Crippen molar-refractivity contribution in [3.63, 3.8) is 0 Å². The SMILES string of the molecule is CCc1ccc(N(CC(=O)N(Cc2ccc(Cl)c(Cl)c2)[C@H](CC)C(=O)NC(C)C)S(=O)(=O)c2ccccc2)cc1. The van der Waals surface area contributed by atoms with Crippen LogP contribution in [-0.2, 0) is 32.6 Å². The van der Waals surface area contributed by atoms with Crippen LogP contribution in [0.25, 0.3) is 0 Å². The molecule has 3 aromatic rings. The van der Waals surface area contributed by atoms with Crippen molar-refractivity contribution in [2.24, 2.45) is 0 Å². The molecule has 0 aliphatic heterocycles. The van der Waals surface area contributed by atoms with Crippen LogP contribution in [-0.4, -0.2) is 43.8 Å². The molecule has 10 heteroatoms. The third-order valence-electron chi connectivity index (χ3n) is 6.40. The molecule has 0 spiro atoms. The first kappa shape index (κ1) is 31.5. The van der Waals surface area contributed by atoms with Crippen molar-refractivity contribution in [3.8, 4) is 0 Å². The Balaban J connectivity index is 2.07. The quantitative estimate of drug-likeness (QED) is 0.272. The summed E-state index contributed by atoms with van der Waals surface area (Å²) in [7, 11) is -4.11. The molecule has 214 valence electrons. The van der Waals surface area contributed by atoms with Gasteiger partial charge in [-0.1, -0.05) is 73.4 Å². The zero-order valence-corrected chi connectivity index (χ0v) is 25.4. The number of carbonyl (C=O) groups excluding carboxylic acids is 2. The van der Waals surface area contributed by atoms with Gasteiger partial charge in [0, 0.05) is 12.6 Å². The number of amides is 2. The van der Waals surface area contributed by atoms with E-state index in [1.807, 2.05) is 39.8 Å². The van der Waals surface area contributed by atoms with E-state index in [0.29, 0.717) is 27.7 Å². The van der Waals surface area contributed by atoms with Gasteiger partial charge in [0.1, 0.15) is 12.6 Å². The highest BCUT2D eigenvalue weighted by Crippen LogP contribution is 2.27. The molecule has 2 amide bonds. The monoisotopic (exact) mass is 603 g/mol. The Bertz CT molecular complexity index is 1410. The van der Waals surface area contributed by atoms with Gasteiger partial charge in [-0.05, 0) is 74.2 Å². The molecule has 3 aromatic carbocycles. The van der Waals surface area contributed by atoms with E-state index in [4.69, 9.17) is 23.2 Å². The smallest absolute Gasteiger partial charge is 0.264 e. The van der Waals surface area contributed by atoms with Gasteiger partial charge < -0.3 is 10.2 Å². The maximum Gasteiger partial charge on any atom is 0.264 e. The van der Waals surface area contributed by atoms with E-state index < -0.39 is 28.5 Å². The van der Waals surface area contributed by atoms with Crippen molar-refractivity contribution in [2.45, 2.75) is 64.1 Å². The number of aryl methyl sites for hydroxylation is 1. The largest absolute Gasteiger partial charge is 0.352 e. The van der Waals surface area contributed by atoms with Crippen molar-refractivity contribution < 1.29 is 18.0 Å². The number of hydrogen-bond donors (Lipinski definition) is 1. The van der Waals surface area contributed by atoms with E-state index in [1.54, 1.807) is 48.5 Å². The van der Waals surface area contributed by atoms with E-state index in [1.165, 1.54) is 17.0 Å². The fourth-order valence-electron chi connectivity index (χ4n) is 4.28. The maximum absolute atomic E-state index is 14.1. The zero-order chi connectivity index (χ0) is 29.4. The van der Waals surface area contributed by atoms with Gasteiger partial charge in [-0.15, -0.1) is 0 Å². The lowest BCUT2D eigenvalue weighted by molar-refractivity contribution is -0.140. The van der Waals surface area contributed by atoms with Gasteiger partial charge in [0.15, 0.2) is 0 Å². The summed E-state index contributed by atoms with van der Waals surface area (Å²) in [4.78, 5) is 28.7. The van der Waals surface area contributed by atoms with Crippen LogP contribution in [0.4, 0.5) is 5.69 Å². The van der Waals surface area contributed by atoms with Crippen LogP contribution < -0.4 is 9.62 Å². The molecule has 0 aliphatic rings. The van der Waals surface area contributed by atoms with Crippen molar-refractivity contribution in [2.75, 3.05) is 10.8 Å². The van der Waals surface area contributed by atoms with Gasteiger partial charge >= 0.3 is 0 Å². The van der Waals surface area contributed by atoms with Crippen LogP contribution in [0, 0.1) is 0 Å². The number of hydrogen-bond acceptors (Lipinski definition) is 4. The molecule has 0 saturated heterocycles. The summed E-state index contributed by atoms with van der Waals surface area (Å²) in [6.45, 7) is 7.02. The molecular formula is C30H35Cl2N3O4S.